The topological polar surface area (TPSA) is 55.6 Å². The van der Waals surface area contributed by atoms with Crippen LogP contribution in [-0.2, 0) is 4.79 Å². The van der Waals surface area contributed by atoms with Crippen LogP contribution in [0.4, 0.5) is 0 Å². The van der Waals surface area contributed by atoms with E-state index >= 15 is 0 Å². The molecule has 1 saturated heterocycles. The van der Waals surface area contributed by atoms with E-state index in [1.54, 1.807) is 0 Å². The number of carbonyl (C=O) groups excluding carboxylic acids is 1. The summed E-state index contributed by atoms with van der Waals surface area (Å²) in [5, 5.41) is 0. The Labute approximate surface area is 114 Å². The highest BCUT2D eigenvalue weighted by Gasteiger charge is 2.19. The Kier molecular flexibility index (Phi) is 4.43. The first-order chi connectivity index (χ1) is 9.08. The number of ether oxygens (including phenoxy) is 1. The molecule has 1 heterocycles. The molecule has 2 N–H and O–H groups in total. The number of hydrogen-bond acceptors (Lipinski definition) is 3. The summed E-state index contributed by atoms with van der Waals surface area (Å²) in [5.74, 6) is 0.779. The molecule has 104 valence electrons. The van der Waals surface area contributed by atoms with Gasteiger partial charge in [-0.1, -0.05) is 17.7 Å². The molecule has 1 amide bonds. The molecule has 1 atom stereocenters. The fourth-order valence-electron chi connectivity index (χ4n) is 2.35. The quantitative estimate of drug-likeness (QED) is 0.903. The first-order valence-electron chi connectivity index (χ1n) is 6.84. The third-order valence-electron chi connectivity index (χ3n) is 3.47. The van der Waals surface area contributed by atoms with E-state index in [1.165, 1.54) is 0 Å². The van der Waals surface area contributed by atoms with Crippen molar-refractivity contribution in [2.45, 2.75) is 32.7 Å². The van der Waals surface area contributed by atoms with E-state index in [0.717, 1.165) is 37.1 Å². The van der Waals surface area contributed by atoms with Gasteiger partial charge >= 0.3 is 0 Å². The Bertz CT molecular complexity index is 451. The lowest BCUT2D eigenvalue weighted by Crippen LogP contribution is -2.32. The maximum Gasteiger partial charge on any atom is 0.260 e. The van der Waals surface area contributed by atoms with E-state index in [-0.39, 0.29) is 18.6 Å². The smallest absolute Gasteiger partial charge is 0.260 e. The van der Waals surface area contributed by atoms with Crippen molar-refractivity contribution in [3.05, 3.63) is 29.3 Å². The second-order valence-electron chi connectivity index (χ2n) is 5.21. The van der Waals surface area contributed by atoms with Crippen LogP contribution in [-0.4, -0.2) is 30.5 Å². The highest BCUT2D eigenvalue weighted by molar-refractivity contribution is 5.78. The number of nitrogens with zero attached hydrogens (tertiary/aromatic N) is 1. The number of carbonyl (C=O) groups is 1. The van der Waals surface area contributed by atoms with Crippen LogP contribution < -0.4 is 10.5 Å². The molecule has 1 aromatic carbocycles. The molecule has 0 saturated carbocycles. The molecule has 1 aliphatic rings. The van der Waals surface area contributed by atoms with Gasteiger partial charge in [-0.3, -0.25) is 4.79 Å². The van der Waals surface area contributed by atoms with Gasteiger partial charge in [0.2, 0.25) is 0 Å². The summed E-state index contributed by atoms with van der Waals surface area (Å²) in [6.07, 6.45) is 2.20. The third-order valence-corrected chi connectivity index (χ3v) is 3.47. The number of hydrogen-bond donors (Lipinski definition) is 1. The van der Waals surface area contributed by atoms with E-state index in [0.29, 0.717) is 5.75 Å². The molecule has 0 aliphatic carbocycles. The van der Waals surface area contributed by atoms with Gasteiger partial charge in [-0.2, -0.15) is 0 Å². The fourth-order valence-corrected chi connectivity index (χ4v) is 2.35. The highest BCUT2D eigenvalue weighted by atomic mass is 16.5. The molecule has 0 radical (unpaired) electrons. The summed E-state index contributed by atoms with van der Waals surface area (Å²) < 4.78 is 5.66. The minimum absolute atomic E-state index is 0.0636. The van der Waals surface area contributed by atoms with Gasteiger partial charge < -0.3 is 15.4 Å². The second-order valence-corrected chi connectivity index (χ2v) is 5.21. The predicted molar refractivity (Wildman–Crippen MR) is 75.1 cm³/mol. The lowest BCUT2D eigenvalue weighted by Gasteiger charge is -2.18. The largest absolute Gasteiger partial charge is 0.483 e. The summed E-state index contributed by atoms with van der Waals surface area (Å²) >= 11 is 0. The molecule has 1 aromatic rings. The molecule has 0 aromatic heterocycles. The number of benzene rings is 1. The molecule has 19 heavy (non-hydrogen) atoms. The van der Waals surface area contributed by atoms with Crippen molar-refractivity contribution in [1.82, 2.24) is 4.90 Å². The van der Waals surface area contributed by atoms with E-state index in [4.69, 9.17) is 10.5 Å². The van der Waals surface area contributed by atoms with Crippen molar-refractivity contribution in [2.24, 2.45) is 5.73 Å². The number of rotatable bonds is 4. The van der Waals surface area contributed by atoms with Crippen LogP contribution in [0.5, 0.6) is 5.75 Å². The number of nitrogens with two attached hydrogens (primary N) is 1. The average molecular weight is 262 g/mol. The zero-order chi connectivity index (χ0) is 13.8. The van der Waals surface area contributed by atoms with Gasteiger partial charge in [-0.15, -0.1) is 0 Å². The minimum Gasteiger partial charge on any atom is -0.483 e. The summed E-state index contributed by atoms with van der Waals surface area (Å²) in [6.45, 7) is 5.75. The summed E-state index contributed by atoms with van der Waals surface area (Å²) in [6, 6.07) is 5.78. The Morgan fingerprint density at radius 1 is 1.42 bits per heavy atom. The fraction of sp³-hybridized carbons (Fsp3) is 0.533. The van der Waals surface area contributed by atoms with Gasteiger partial charge in [0.1, 0.15) is 5.75 Å². The van der Waals surface area contributed by atoms with E-state index in [9.17, 15) is 4.79 Å². The molecule has 0 bridgehead atoms. The van der Waals surface area contributed by atoms with Crippen molar-refractivity contribution in [2.75, 3.05) is 19.7 Å². The average Bonchev–Trinajstić information content (AvgIpc) is 2.90. The van der Waals surface area contributed by atoms with Crippen LogP contribution in [0.3, 0.4) is 0 Å². The Hall–Kier alpha value is -1.55. The zero-order valence-corrected chi connectivity index (χ0v) is 11.7. The summed E-state index contributed by atoms with van der Waals surface area (Å²) in [4.78, 5) is 13.8. The summed E-state index contributed by atoms with van der Waals surface area (Å²) in [7, 11) is 0. The summed E-state index contributed by atoms with van der Waals surface area (Å²) in [5.41, 5.74) is 8.03. The van der Waals surface area contributed by atoms with E-state index in [1.807, 2.05) is 36.9 Å². The maximum absolute atomic E-state index is 11.9. The lowest BCUT2D eigenvalue weighted by molar-refractivity contribution is -0.132. The van der Waals surface area contributed by atoms with Gasteiger partial charge in [0.05, 0.1) is 0 Å². The van der Waals surface area contributed by atoms with E-state index in [2.05, 4.69) is 0 Å². The van der Waals surface area contributed by atoms with Crippen molar-refractivity contribution in [3.8, 4) is 5.75 Å². The molecule has 0 spiro atoms. The van der Waals surface area contributed by atoms with Crippen molar-refractivity contribution >= 4 is 5.91 Å². The standard InChI is InChI=1S/C15H22N2O2/c1-11-5-6-14(13(9-11)12(2)16)19-10-15(18)17-7-3-4-8-17/h5-6,9,12H,3-4,7-8,10,16H2,1-2H3/t12-/m0/s1. The highest BCUT2D eigenvalue weighted by Crippen LogP contribution is 2.25. The normalized spacial score (nSPS) is 16.5. The van der Waals surface area contributed by atoms with Crippen LogP contribution in [0.15, 0.2) is 18.2 Å². The van der Waals surface area contributed by atoms with E-state index < -0.39 is 0 Å². The van der Waals surface area contributed by atoms with Crippen LogP contribution in [0, 0.1) is 6.92 Å². The number of amides is 1. The van der Waals surface area contributed by atoms with Crippen molar-refractivity contribution in [1.29, 1.82) is 0 Å². The number of aryl methyl sites for hydroxylation is 1. The first-order valence-corrected chi connectivity index (χ1v) is 6.84. The second kappa shape index (κ2) is 6.06. The van der Waals surface area contributed by atoms with Gasteiger partial charge in [-0.05, 0) is 32.8 Å². The predicted octanol–water partition coefficient (Wildman–Crippen LogP) is 2.02. The van der Waals surface area contributed by atoms with Crippen LogP contribution >= 0.6 is 0 Å². The Morgan fingerprint density at radius 2 is 2.11 bits per heavy atom. The Balaban J connectivity index is 2.00. The van der Waals surface area contributed by atoms with Crippen LogP contribution in [0.1, 0.15) is 36.9 Å². The molecule has 1 fully saturated rings. The minimum atomic E-state index is -0.100. The molecule has 4 heteroatoms. The van der Waals surface area contributed by atoms with Crippen LogP contribution in [0.25, 0.3) is 0 Å². The molecule has 4 nitrogen and oxygen atoms in total. The van der Waals surface area contributed by atoms with Gasteiger partial charge in [0.25, 0.3) is 5.91 Å². The van der Waals surface area contributed by atoms with Gasteiger partial charge in [0.15, 0.2) is 6.61 Å². The Morgan fingerprint density at radius 3 is 2.74 bits per heavy atom. The molecule has 0 unspecified atom stereocenters. The van der Waals surface area contributed by atoms with Gasteiger partial charge in [0, 0.05) is 24.7 Å². The van der Waals surface area contributed by atoms with Crippen molar-refractivity contribution < 1.29 is 9.53 Å². The SMILES string of the molecule is Cc1ccc(OCC(=O)N2CCCC2)c([C@H](C)N)c1. The van der Waals surface area contributed by atoms with Gasteiger partial charge in [-0.25, -0.2) is 0 Å². The van der Waals surface area contributed by atoms with Crippen molar-refractivity contribution in [3.63, 3.8) is 0 Å². The zero-order valence-electron chi connectivity index (χ0n) is 11.7. The van der Waals surface area contributed by atoms with Crippen LogP contribution in [0.2, 0.25) is 0 Å². The number of likely N-dealkylation sites (tertiary alicyclic amines) is 1. The lowest BCUT2D eigenvalue weighted by atomic mass is 10.1. The monoisotopic (exact) mass is 262 g/mol. The maximum atomic E-state index is 11.9. The first kappa shape index (κ1) is 13.9. The molecule has 2 rings (SSSR count). The molecule has 1 aliphatic heterocycles. The molecular formula is C15H22N2O2. The third kappa shape index (κ3) is 3.47. The molecular weight excluding hydrogens is 240 g/mol.